The summed E-state index contributed by atoms with van der Waals surface area (Å²) in [6, 6.07) is 77.7. The maximum absolute atomic E-state index is 11.5. The third kappa shape index (κ3) is 11.4. The molecule has 0 unspecified atom stereocenters. The average Bonchev–Trinajstić information content (AvgIpc) is 0.829. The van der Waals surface area contributed by atoms with Crippen molar-refractivity contribution in [1.29, 1.82) is 0 Å². The number of Topliss-reactive ketones (excluding diaryl/α,β-unsaturated/α-hetero) is 2. The summed E-state index contributed by atoms with van der Waals surface area (Å²) >= 11 is 0. The van der Waals surface area contributed by atoms with Crippen LogP contribution in [-0.2, 0) is 42.5 Å². The summed E-state index contributed by atoms with van der Waals surface area (Å²) in [6.07, 6.45) is 1.88. The van der Waals surface area contributed by atoms with Crippen molar-refractivity contribution in [2.24, 2.45) is 10.8 Å². The van der Waals surface area contributed by atoms with E-state index < -0.39 is 10.8 Å². The van der Waals surface area contributed by atoms with Gasteiger partial charge in [-0.2, -0.15) is 0 Å². The van der Waals surface area contributed by atoms with Crippen LogP contribution in [0.4, 0.5) is 0 Å². The topological polar surface area (TPSA) is 111 Å². The first kappa shape index (κ1) is 58.5. The van der Waals surface area contributed by atoms with Gasteiger partial charge in [0.2, 0.25) is 0 Å². The van der Waals surface area contributed by atoms with Crippen LogP contribution in [0.15, 0.2) is 206 Å². The Morgan fingerprint density at radius 1 is 0.349 bits per heavy atom. The molecule has 0 bridgehead atoms. The Balaban J connectivity index is 0.000000148. The third-order valence-electron chi connectivity index (χ3n) is 15.9. The van der Waals surface area contributed by atoms with E-state index in [2.05, 4.69) is 184 Å². The van der Waals surface area contributed by atoms with Crippen molar-refractivity contribution in [1.82, 2.24) is 29.9 Å². The van der Waals surface area contributed by atoms with Crippen LogP contribution >= 0.6 is 0 Å². The molecule has 0 saturated carbocycles. The zero-order chi connectivity index (χ0) is 59.0. The molecule has 0 N–H and O–H groups in total. The van der Waals surface area contributed by atoms with E-state index in [1.165, 1.54) is 11.1 Å². The number of aromatic nitrogens is 6. The molecular weight excluding hydrogens is 1230 g/mol. The Kier molecular flexibility index (Phi) is 16.6. The van der Waals surface area contributed by atoms with Crippen LogP contribution in [0.3, 0.4) is 0 Å². The zero-order valence-electron chi connectivity index (χ0n) is 49.6. The van der Waals surface area contributed by atoms with Crippen LogP contribution in [0.25, 0.3) is 133 Å². The fraction of sp³-hybridized carbons (Fsp3) is 0.169. The van der Waals surface area contributed by atoms with Crippen LogP contribution in [0.2, 0.25) is 0 Å². The van der Waals surface area contributed by atoms with Gasteiger partial charge in [0, 0.05) is 96.3 Å². The van der Waals surface area contributed by atoms with Crippen molar-refractivity contribution in [2.75, 3.05) is 0 Å². The van der Waals surface area contributed by atoms with Gasteiger partial charge in [0.05, 0.1) is 62.9 Å². The quantitative estimate of drug-likeness (QED) is 0.0756. The van der Waals surface area contributed by atoms with Gasteiger partial charge in [-0.3, -0.25) is 29.5 Å². The van der Waals surface area contributed by atoms with E-state index in [0.29, 0.717) is 0 Å². The van der Waals surface area contributed by atoms with Gasteiger partial charge in [-0.1, -0.05) is 214 Å². The molecule has 4 aromatic heterocycles. The number of carbonyl (C=O) groups is 2. The fourth-order valence-electron chi connectivity index (χ4n) is 11.2. The Bertz CT molecular complexity index is 4230. The van der Waals surface area contributed by atoms with Gasteiger partial charge in [-0.25, -0.2) is 9.97 Å². The Labute approximate surface area is 515 Å². The van der Waals surface area contributed by atoms with Gasteiger partial charge in [0.25, 0.3) is 0 Å². The minimum absolute atomic E-state index is 0. The molecule has 10 aromatic carbocycles. The van der Waals surface area contributed by atoms with Gasteiger partial charge in [0.15, 0.2) is 0 Å². The van der Waals surface area contributed by atoms with Crippen LogP contribution in [0, 0.1) is 23.0 Å². The Morgan fingerprint density at radius 3 is 0.884 bits per heavy atom. The van der Waals surface area contributed by atoms with Crippen LogP contribution in [0.1, 0.15) is 72.9 Å². The number of hydrogen-bond donors (Lipinski definition) is 0. The molecule has 86 heavy (non-hydrogen) atoms. The minimum atomic E-state index is -0.402. The number of benzene rings is 10. The maximum Gasteiger partial charge on any atom is 0.145 e. The summed E-state index contributed by atoms with van der Waals surface area (Å²) in [4.78, 5) is 53.7. The molecule has 0 saturated heterocycles. The number of hydrogen-bond acceptors (Lipinski definition) is 8. The number of nitrogens with zero attached hydrogens (tertiary/aromatic N) is 6. The van der Waals surface area contributed by atoms with Crippen molar-refractivity contribution in [2.45, 2.75) is 74.7 Å². The molecule has 0 fully saturated rings. The predicted molar refractivity (Wildman–Crippen MR) is 350 cm³/mol. The first-order valence-electron chi connectivity index (χ1n) is 29.2. The van der Waals surface area contributed by atoms with Crippen molar-refractivity contribution in [3.05, 3.63) is 230 Å². The second kappa shape index (κ2) is 24.4. The second-order valence-corrected chi connectivity index (χ2v) is 23.6. The molecule has 8 nitrogen and oxygen atoms in total. The molecule has 1 radical (unpaired) electrons. The molecule has 4 heterocycles. The van der Waals surface area contributed by atoms with E-state index in [9.17, 15) is 9.59 Å². The van der Waals surface area contributed by atoms with Crippen LogP contribution in [0.5, 0.6) is 0 Å². The van der Waals surface area contributed by atoms with Crippen LogP contribution in [-0.4, -0.2) is 41.5 Å². The first-order chi connectivity index (χ1) is 41.2. The molecule has 14 rings (SSSR count). The van der Waals surface area contributed by atoms with E-state index in [4.69, 9.17) is 29.9 Å². The maximum atomic E-state index is 11.5. The number of rotatable bonds is 10. The van der Waals surface area contributed by atoms with Crippen molar-refractivity contribution in [3.63, 3.8) is 0 Å². The van der Waals surface area contributed by atoms with Gasteiger partial charge < -0.3 is 0 Å². The average molecular weight is 1300 g/mol. The standard InChI is InChI=1S/2C33H22N3.C11H20O2.Ir/c2*1-2-21-11-9-10-16-24(21)33-34-27-19-17-25-29-26(18-20-28(35-33)30(27)29)32(23-14-7-4-8-15-23)36-31(25)22-12-5-3-6-13-22;1-10(2,3)8(12)7-9(13)11(4,5)6;/h2*3-15,17-20H,2H2,1H3;7H2,1-6H3;/q2*-1;;. The molecule has 0 amide bonds. The molecule has 0 aliphatic rings. The molecular formula is C77H64IrN6O2-2. The Hall–Kier alpha value is -9.27. The summed E-state index contributed by atoms with van der Waals surface area (Å²) in [5.41, 5.74) is 15.6. The zero-order valence-corrected chi connectivity index (χ0v) is 52.0. The Morgan fingerprint density at radius 2 is 0.628 bits per heavy atom. The van der Waals surface area contributed by atoms with Crippen molar-refractivity contribution in [3.8, 4) is 67.8 Å². The summed E-state index contributed by atoms with van der Waals surface area (Å²) < 4.78 is 0. The summed E-state index contributed by atoms with van der Waals surface area (Å²) in [5, 5.41) is 8.96. The van der Waals surface area contributed by atoms with Crippen LogP contribution < -0.4 is 0 Å². The summed E-state index contributed by atoms with van der Waals surface area (Å²) in [7, 11) is 0. The molecule has 0 atom stereocenters. The molecule has 0 aliphatic carbocycles. The van der Waals surface area contributed by atoms with E-state index in [0.717, 1.165) is 146 Å². The largest absolute Gasteiger partial charge is 0.299 e. The number of carbonyl (C=O) groups excluding carboxylic acids is 2. The van der Waals surface area contributed by atoms with Crippen molar-refractivity contribution >= 4 is 76.7 Å². The number of ketones is 2. The minimum Gasteiger partial charge on any atom is -0.299 e. The number of aryl methyl sites for hydroxylation is 2. The van der Waals surface area contributed by atoms with E-state index in [1.807, 2.05) is 90.1 Å². The fourth-order valence-corrected chi connectivity index (χ4v) is 11.2. The van der Waals surface area contributed by atoms with E-state index in [-0.39, 0.29) is 38.1 Å². The molecule has 425 valence electrons. The summed E-state index contributed by atoms with van der Waals surface area (Å²) in [5.74, 6) is 1.49. The van der Waals surface area contributed by atoms with Crippen molar-refractivity contribution < 1.29 is 29.7 Å². The molecule has 14 aromatic rings. The summed E-state index contributed by atoms with van der Waals surface area (Å²) in [6.45, 7) is 15.3. The monoisotopic (exact) mass is 1300 g/mol. The normalized spacial score (nSPS) is 11.6. The van der Waals surface area contributed by atoms with E-state index in [1.54, 1.807) is 0 Å². The SMILES string of the molecule is CC(C)(C)C(=O)CC(=O)C(C)(C)C.CCc1ccc[c-]c1-c1nc2ccc3c(-c4ccccc4)nc(-c4ccccc4)c4ccc(n1)c2c34.CCc1ccc[c-]c1-c1nc2ccc3c(-c4ccccc4)nc(-c4ccccc4)c4ccc(n1)c2c34.[Ir]. The smallest absolute Gasteiger partial charge is 0.145 e. The van der Waals surface area contributed by atoms with Gasteiger partial charge in [-0.15, -0.1) is 70.8 Å². The van der Waals surface area contributed by atoms with Gasteiger partial charge in [0.1, 0.15) is 11.6 Å². The predicted octanol–water partition coefficient (Wildman–Crippen LogP) is 18.9. The van der Waals surface area contributed by atoms with E-state index >= 15 is 0 Å². The molecule has 9 heteroatoms. The second-order valence-electron chi connectivity index (χ2n) is 23.6. The van der Waals surface area contributed by atoms with Gasteiger partial charge in [-0.05, 0) is 24.3 Å². The van der Waals surface area contributed by atoms with Gasteiger partial charge >= 0.3 is 0 Å². The molecule has 0 spiro atoms. The molecule has 0 aliphatic heterocycles. The first-order valence-corrected chi connectivity index (χ1v) is 29.2. The number of pyridine rings is 2. The third-order valence-corrected chi connectivity index (χ3v) is 15.9.